The van der Waals surface area contributed by atoms with E-state index in [1.807, 2.05) is 24.8 Å². The number of pyridine rings is 2. The number of nitrogens with zero attached hydrogens (tertiary/aromatic N) is 2. The fourth-order valence-electron chi connectivity index (χ4n) is 11.0. The van der Waals surface area contributed by atoms with Gasteiger partial charge in [0.15, 0.2) is 0 Å². The highest BCUT2D eigenvalue weighted by Crippen LogP contribution is 2.45. The summed E-state index contributed by atoms with van der Waals surface area (Å²) in [6, 6.07) is 35.4. The Morgan fingerprint density at radius 3 is 0.792 bits per heavy atom. The van der Waals surface area contributed by atoms with Crippen molar-refractivity contribution in [2.75, 3.05) is 0 Å². The molecule has 9 rings (SSSR count). The normalized spacial score (nSPS) is 37.8. The lowest BCUT2D eigenvalue weighted by Crippen LogP contribution is -2.51. The lowest BCUT2D eigenvalue weighted by molar-refractivity contribution is 0.305. The molecule has 2 aromatic heterocycles. The average molecular weight is 639 g/mol. The Bertz CT molecular complexity index is 1330. The van der Waals surface area contributed by atoms with Crippen molar-refractivity contribution in [3.63, 3.8) is 0 Å². The molecular formula is C42H50N6. The van der Waals surface area contributed by atoms with E-state index in [-0.39, 0.29) is 0 Å². The van der Waals surface area contributed by atoms with Crippen LogP contribution in [0.4, 0.5) is 0 Å². The molecule has 48 heavy (non-hydrogen) atoms. The Kier molecular flexibility index (Phi) is 8.60. The third-order valence-electron chi connectivity index (χ3n) is 12.9. The average Bonchev–Trinajstić information content (AvgIpc) is 3.98. The van der Waals surface area contributed by atoms with Crippen LogP contribution in [0.15, 0.2) is 110 Å². The molecule has 6 heteroatoms. The lowest BCUT2D eigenvalue weighted by Gasteiger charge is -2.37. The van der Waals surface area contributed by atoms with Crippen molar-refractivity contribution in [2.45, 2.75) is 123 Å². The van der Waals surface area contributed by atoms with Crippen molar-refractivity contribution in [3.05, 3.63) is 132 Å². The molecule has 4 N–H and O–H groups in total. The van der Waals surface area contributed by atoms with E-state index in [1.54, 1.807) is 0 Å². The molecule has 2 aromatic carbocycles. The number of rotatable bonds is 4. The van der Waals surface area contributed by atoms with E-state index in [4.69, 9.17) is 0 Å². The molecule has 7 heterocycles. The fraction of sp³-hybridized carbons (Fsp3) is 0.476. The number of fused-ring (bicyclic) bond motifs is 8. The van der Waals surface area contributed by atoms with Gasteiger partial charge in [-0.2, -0.15) is 0 Å². The first-order chi connectivity index (χ1) is 23.8. The molecule has 4 aromatic rings. The van der Waals surface area contributed by atoms with Crippen LogP contribution in [-0.2, 0) is 0 Å². The summed E-state index contributed by atoms with van der Waals surface area (Å²) in [6.07, 6.45) is 17.6. The first-order valence-corrected chi connectivity index (χ1v) is 18.7. The van der Waals surface area contributed by atoms with Gasteiger partial charge in [0.1, 0.15) is 0 Å². The summed E-state index contributed by atoms with van der Waals surface area (Å²) >= 11 is 0. The predicted octanol–water partition coefficient (Wildman–Crippen LogP) is 6.41. The Labute approximate surface area is 286 Å². The third-order valence-corrected chi connectivity index (χ3v) is 12.9. The van der Waals surface area contributed by atoms with Crippen LogP contribution in [0.5, 0.6) is 0 Å². The van der Waals surface area contributed by atoms with Gasteiger partial charge in [0.25, 0.3) is 0 Å². The zero-order valence-electron chi connectivity index (χ0n) is 27.9. The molecule has 5 fully saturated rings. The van der Waals surface area contributed by atoms with Crippen molar-refractivity contribution in [2.24, 2.45) is 0 Å². The van der Waals surface area contributed by atoms with E-state index in [0.717, 1.165) is 0 Å². The van der Waals surface area contributed by atoms with Gasteiger partial charge < -0.3 is 21.3 Å². The van der Waals surface area contributed by atoms with Crippen LogP contribution in [0.1, 0.15) is 97.3 Å². The third kappa shape index (κ3) is 5.81. The molecule has 0 radical (unpaired) electrons. The molecule has 6 nitrogen and oxygen atoms in total. The molecule has 5 saturated heterocycles. The van der Waals surface area contributed by atoms with Gasteiger partial charge in [-0.05, 0) is 97.9 Å². The second kappa shape index (κ2) is 13.5. The Balaban J connectivity index is 1.13. The van der Waals surface area contributed by atoms with Crippen molar-refractivity contribution in [1.82, 2.24) is 31.2 Å². The minimum Gasteiger partial charge on any atom is -0.310 e. The van der Waals surface area contributed by atoms with Crippen LogP contribution in [0.2, 0.25) is 0 Å². The van der Waals surface area contributed by atoms with Crippen molar-refractivity contribution in [3.8, 4) is 0 Å². The molecule has 0 aliphatic carbocycles. The smallest absolute Gasteiger partial charge is 0.0270 e. The van der Waals surface area contributed by atoms with E-state index in [2.05, 4.69) is 116 Å². The van der Waals surface area contributed by atoms with E-state index >= 15 is 0 Å². The summed E-state index contributed by atoms with van der Waals surface area (Å²) < 4.78 is 0. The van der Waals surface area contributed by atoms with Crippen molar-refractivity contribution < 1.29 is 0 Å². The number of benzene rings is 2. The second-order valence-electron chi connectivity index (χ2n) is 15.3. The molecule has 0 spiro atoms. The highest BCUT2D eigenvalue weighted by Gasteiger charge is 2.49. The van der Waals surface area contributed by atoms with Gasteiger partial charge in [-0.15, -0.1) is 0 Å². The SMILES string of the molecule is c1ccc(C2C3CCC(N3)C(c3ccccc3)C3CCC(N3)C(c3ccncc3)C3CCC(N3)C(c3ccncc3)C3CCC2N3)cc1. The molecule has 12 unspecified atom stereocenters. The number of hydrogen-bond donors (Lipinski definition) is 4. The summed E-state index contributed by atoms with van der Waals surface area (Å²) in [5, 5.41) is 17.3. The maximum atomic E-state index is 4.43. The van der Waals surface area contributed by atoms with Crippen LogP contribution in [0.3, 0.4) is 0 Å². The van der Waals surface area contributed by atoms with Crippen LogP contribution < -0.4 is 21.3 Å². The molecule has 248 valence electrons. The summed E-state index contributed by atoms with van der Waals surface area (Å²) in [4.78, 5) is 8.85. The monoisotopic (exact) mass is 638 g/mol. The molecule has 0 amide bonds. The van der Waals surface area contributed by atoms with E-state index in [1.165, 1.54) is 73.6 Å². The van der Waals surface area contributed by atoms with E-state index < -0.39 is 0 Å². The van der Waals surface area contributed by atoms with Gasteiger partial charge in [-0.25, -0.2) is 0 Å². The van der Waals surface area contributed by atoms with Gasteiger partial charge >= 0.3 is 0 Å². The Morgan fingerprint density at radius 1 is 0.312 bits per heavy atom. The molecule has 5 aliphatic rings. The largest absolute Gasteiger partial charge is 0.310 e. The maximum Gasteiger partial charge on any atom is 0.0270 e. The number of hydrogen-bond acceptors (Lipinski definition) is 6. The summed E-state index contributed by atoms with van der Waals surface area (Å²) in [7, 11) is 0. The minimum atomic E-state index is 0.404. The van der Waals surface area contributed by atoms with Gasteiger partial charge in [-0.1, -0.05) is 60.7 Å². The zero-order chi connectivity index (χ0) is 31.9. The van der Waals surface area contributed by atoms with Crippen LogP contribution in [0.25, 0.3) is 0 Å². The fourth-order valence-corrected chi connectivity index (χ4v) is 11.0. The first kappa shape index (κ1) is 30.6. The summed E-state index contributed by atoms with van der Waals surface area (Å²) in [6.45, 7) is 0. The van der Waals surface area contributed by atoms with Crippen LogP contribution >= 0.6 is 0 Å². The Hall–Kier alpha value is -3.42. The van der Waals surface area contributed by atoms with Gasteiger partial charge in [0, 0.05) is 96.8 Å². The van der Waals surface area contributed by atoms with E-state index in [0.29, 0.717) is 72.0 Å². The zero-order valence-corrected chi connectivity index (χ0v) is 27.9. The molecule has 5 aliphatic heterocycles. The molecular weight excluding hydrogens is 589 g/mol. The second-order valence-corrected chi connectivity index (χ2v) is 15.3. The van der Waals surface area contributed by atoms with Gasteiger partial charge in [0.2, 0.25) is 0 Å². The lowest BCUT2D eigenvalue weighted by atomic mass is 9.83. The van der Waals surface area contributed by atoms with E-state index in [9.17, 15) is 0 Å². The predicted molar refractivity (Wildman–Crippen MR) is 192 cm³/mol. The van der Waals surface area contributed by atoms with Crippen LogP contribution in [-0.4, -0.2) is 58.3 Å². The quantitative estimate of drug-likeness (QED) is 0.207. The molecule has 8 bridgehead atoms. The van der Waals surface area contributed by atoms with Gasteiger partial charge in [-0.3, -0.25) is 9.97 Å². The van der Waals surface area contributed by atoms with Crippen molar-refractivity contribution >= 4 is 0 Å². The summed E-state index contributed by atoms with van der Waals surface area (Å²) in [5.74, 6) is 1.68. The van der Waals surface area contributed by atoms with Crippen molar-refractivity contribution in [1.29, 1.82) is 0 Å². The molecule has 12 atom stereocenters. The van der Waals surface area contributed by atoms with Crippen LogP contribution in [0, 0.1) is 0 Å². The summed E-state index contributed by atoms with van der Waals surface area (Å²) in [5.41, 5.74) is 5.79. The first-order valence-electron chi connectivity index (χ1n) is 18.7. The Morgan fingerprint density at radius 2 is 0.542 bits per heavy atom. The highest BCUT2D eigenvalue weighted by molar-refractivity contribution is 5.31. The number of nitrogens with one attached hydrogen (secondary N) is 4. The minimum absolute atomic E-state index is 0.404. The van der Waals surface area contributed by atoms with Gasteiger partial charge in [0.05, 0.1) is 0 Å². The highest BCUT2D eigenvalue weighted by atomic mass is 15.1. The molecule has 0 saturated carbocycles. The standard InChI is InChI=1S/C42H50N6/c1-3-7-27(8-4-1)39-31-11-12-32(45-31)40(28-9-5-2-6-10-28)34-14-16-36(47-34)42(30-21-25-44-26-22-30)38-18-17-37(48-38)41(29-19-23-43-24-20-29)35-15-13-33(39)46-35/h1-10,19-26,31-42,45-48H,11-18H2. The maximum absolute atomic E-state index is 4.43. The topological polar surface area (TPSA) is 73.9 Å². The number of aromatic nitrogens is 2.